The average Bonchev–Trinajstić information content (AvgIpc) is 3.16. The SMILES string of the molecule is CCOC(=O)N1CCN(Cc2nc3c(c(=O)[nH]c(=O)n3C)n2CCN2CCOCC2)CC1. The van der Waals surface area contributed by atoms with Gasteiger partial charge in [0, 0.05) is 59.4 Å². The summed E-state index contributed by atoms with van der Waals surface area (Å²) >= 11 is 0. The van der Waals surface area contributed by atoms with Gasteiger partial charge < -0.3 is 18.9 Å². The number of hydrogen-bond acceptors (Lipinski definition) is 8. The number of H-pyrrole nitrogens is 1. The minimum atomic E-state index is -0.477. The van der Waals surface area contributed by atoms with Crippen LogP contribution in [0.2, 0.25) is 0 Å². The molecular formula is C20H31N7O5. The lowest BCUT2D eigenvalue weighted by molar-refractivity contribution is 0.0363. The van der Waals surface area contributed by atoms with Crippen molar-refractivity contribution in [3.05, 3.63) is 26.7 Å². The summed E-state index contributed by atoms with van der Waals surface area (Å²) in [6.07, 6.45) is -0.286. The van der Waals surface area contributed by atoms with Gasteiger partial charge in [-0.05, 0) is 6.92 Å². The zero-order valence-corrected chi connectivity index (χ0v) is 18.7. The van der Waals surface area contributed by atoms with Crippen LogP contribution in [-0.2, 0) is 29.6 Å². The van der Waals surface area contributed by atoms with E-state index in [1.807, 2.05) is 4.57 Å². The molecule has 0 radical (unpaired) electrons. The van der Waals surface area contributed by atoms with Crippen LogP contribution in [0.15, 0.2) is 9.59 Å². The summed E-state index contributed by atoms with van der Waals surface area (Å²) in [6.45, 7) is 9.68. The predicted octanol–water partition coefficient (Wildman–Crippen LogP) is -0.970. The van der Waals surface area contributed by atoms with Gasteiger partial charge in [0.05, 0.1) is 26.4 Å². The molecule has 12 nitrogen and oxygen atoms in total. The number of aryl methyl sites for hydroxylation is 1. The molecule has 0 spiro atoms. The quantitative estimate of drug-likeness (QED) is 0.599. The van der Waals surface area contributed by atoms with Crippen LogP contribution in [0, 0.1) is 0 Å². The number of rotatable bonds is 6. The molecule has 0 bridgehead atoms. The summed E-state index contributed by atoms with van der Waals surface area (Å²) in [5.41, 5.74) is -0.0905. The number of piperazine rings is 1. The molecule has 12 heteroatoms. The van der Waals surface area contributed by atoms with Crippen molar-refractivity contribution in [3.63, 3.8) is 0 Å². The number of amides is 1. The van der Waals surface area contributed by atoms with Crippen LogP contribution in [0.1, 0.15) is 12.7 Å². The maximum atomic E-state index is 12.7. The number of carbonyl (C=O) groups excluding carboxylic acids is 1. The van der Waals surface area contributed by atoms with Crippen molar-refractivity contribution in [2.24, 2.45) is 7.05 Å². The number of fused-ring (bicyclic) bond motifs is 1. The highest BCUT2D eigenvalue weighted by Crippen LogP contribution is 2.15. The van der Waals surface area contributed by atoms with E-state index >= 15 is 0 Å². The van der Waals surface area contributed by atoms with Crippen molar-refractivity contribution in [2.45, 2.75) is 20.0 Å². The molecule has 0 aromatic carbocycles. The first-order chi connectivity index (χ1) is 15.5. The highest BCUT2D eigenvalue weighted by atomic mass is 16.6. The third-order valence-corrected chi connectivity index (χ3v) is 6.09. The first-order valence-electron chi connectivity index (χ1n) is 11.1. The minimum absolute atomic E-state index is 0.286. The number of nitrogens with one attached hydrogen (secondary N) is 1. The summed E-state index contributed by atoms with van der Waals surface area (Å²) in [7, 11) is 1.61. The lowest BCUT2D eigenvalue weighted by Gasteiger charge is -2.33. The van der Waals surface area contributed by atoms with Gasteiger partial charge in [-0.3, -0.25) is 24.1 Å². The summed E-state index contributed by atoms with van der Waals surface area (Å²) in [4.78, 5) is 50.0. The molecule has 32 heavy (non-hydrogen) atoms. The summed E-state index contributed by atoms with van der Waals surface area (Å²) in [6, 6.07) is 0. The molecule has 2 aromatic rings. The Labute approximate surface area is 185 Å². The van der Waals surface area contributed by atoms with Gasteiger partial charge in [-0.2, -0.15) is 0 Å². The molecule has 2 aliphatic rings. The second kappa shape index (κ2) is 9.84. The van der Waals surface area contributed by atoms with E-state index in [-0.39, 0.29) is 6.09 Å². The van der Waals surface area contributed by atoms with E-state index in [4.69, 9.17) is 14.5 Å². The fraction of sp³-hybridized carbons (Fsp3) is 0.700. The molecule has 0 saturated carbocycles. The molecule has 0 atom stereocenters. The Morgan fingerprint density at radius 2 is 1.78 bits per heavy atom. The largest absolute Gasteiger partial charge is 0.450 e. The predicted molar refractivity (Wildman–Crippen MR) is 117 cm³/mol. The Morgan fingerprint density at radius 3 is 2.47 bits per heavy atom. The lowest BCUT2D eigenvalue weighted by atomic mass is 10.3. The Balaban J connectivity index is 1.55. The Kier molecular flexibility index (Phi) is 6.92. The van der Waals surface area contributed by atoms with Gasteiger partial charge in [-0.1, -0.05) is 0 Å². The summed E-state index contributed by atoms with van der Waals surface area (Å²) in [5.74, 6) is 0.740. The topological polar surface area (TPSA) is 118 Å². The van der Waals surface area contributed by atoms with Crippen LogP contribution in [0.5, 0.6) is 0 Å². The van der Waals surface area contributed by atoms with Crippen LogP contribution in [-0.4, -0.2) is 106 Å². The first-order valence-corrected chi connectivity index (χ1v) is 11.1. The van der Waals surface area contributed by atoms with E-state index in [0.29, 0.717) is 70.3 Å². The third kappa shape index (κ3) is 4.71. The number of morpholine rings is 1. The van der Waals surface area contributed by atoms with Crippen LogP contribution in [0.25, 0.3) is 11.2 Å². The van der Waals surface area contributed by atoms with Crippen molar-refractivity contribution in [1.82, 2.24) is 33.8 Å². The average molecular weight is 450 g/mol. The molecule has 4 heterocycles. The number of carbonyl (C=O) groups is 1. The number of imidazole rings is 1. The second-order valence-corrected chi connectivity index (χ2v) is 8.09. The maximum absolute atomic E-state index is 12.7. The molecule has 1 amide bonds. The standard InChI is InChI=1S/C20H31N7O5/c1-3-32-20(30)26-7-4-25(5-8-26)14-15-21-17-16(18(28)22-19(29)23(17)2)27(15)9-6-24-10-12-31-13-11-24/h3-14H2,1-2H3,(H,22,28,29). The highest BCUT2D eigenvalue weighted by Gasteiger charge is 2.25. The van der Waals surface area contributed by atoms with Gasteiger partial charge in [0.15, 0.2) is 11.2 Å². The van der Waals surface area contributed by atoms with Gasteiger partial charge in [0.25, 0.3) is 5.56 Å². The molecule has 4 rings (SSSR count). The normalized spacial score (nSPS) is 18.4. The second-order valence-electron chi connectivity index (χ2n) is 8.09. The van der Waals surface area contributed by atoms with Crippen LogP contribution < -0.4 is 11.2 Å². The molecule has 2 aliphatic heterocycles. The Bertz CT molecular complexity index is 1060. The number of ether oxygens (including phenoxy) is 2. The van der Waals surface area contributed by atoms with Crippen LogP contribution >= 0.6 is 0 Å². The third-order valence-electron chi connectivity index (χ3n) is 6.09. The molecule has 2 aromatic heterocycles. The molecule has 2 fully saturated rings. The first kappa shape index (κ1) is 22.5. The van der Waals surface area contributed by atoms with Crippen molar-refractivity contribution >= 4 is 17.3 Å². The summed E-state index contributed by atoms with van der Waals surface area (Å²) < 4.78 is 13.8. The zero-order chi connectivity index (χ0) is 22.7. The smallest absolute Gasteiger partial charge is 0.409 e. The fourth-order valence-corrected chi connectivity index (χ4v) is 4.21. The van der Waals surface area contributed by atoms with Gasteiger partial charge in [-0.25, -0.2) is 14.6 Å². The lowest BCUT2D eigenvalue weighted by Crippen LogP contribution is -2.48. The van der Waals surface area contributed by atoms with E-state index in [9.17, 15) is 14.4 Å². The van der Waals surface area contributed by atoms with Crippen LogP contribution in [0.4, 0.5) is 4.79 Å². The van der Waals surface area contributed by atoms with Gasteiger partial charge in [0.2, 0.25) is 0 Å². The molecule has 0 unspecified atom stereocenters. The molecular weight excluding hydrogens is 418 g/mol. The molecule has 2 saturated heterocycles. The molecule has 176 valence electrons. The van der Waals surface area contributed by atoms with E-state index in [1.54, 1.807) is 18.9 Å². The summed E-state index contributed by atoms with van der Waals surface area (Å²) in [5, 5.41) is 0. The van der Waals surface area contributed by atoms with E-state index in [0.717, 1.165) is 25.5 Å². The zero-order valence-electron chi connectivity index (χ0n) is 18.7. The monoisotopic (exact) mass is 449 g/mol. The Hall–Kier alpha value is -2.70. The fourth-order valence-electron chi connectivity index (χ4n) is 4.21. The van der Waals surface area contributed by atoms with E-state index in [2.05, 4.69) is 14.8 Å². The number of hydrogen-bond donors (Lipinski definition) is 1. The number of nitrogens with zero attached hydrogens (tertiary/aromatic N) is 6. The van der Waals surface area contributed by atoms with Crippen molar-refractivity contribution in [1.29, 1.82) is 0 Å². The minimum Gasteiger partial charge on any atom is -0.450 e. The Morgan fingerprint density at radius 1 is 1.06 bits per heavy atom. The van der Waals surface area contributed by atoms with Gasteiger partial charge >= 0.3 is 11.8 Å². The van der Waals surface area contributed by atoms with E-state index < -0.39 is 11.2 Å². The number of aromatic amines is 1. The van der Waals surface area contributed by atoms with Crippen molar-refractivity contribution < 1.29 is 14.3 Å². The van der Waals surface area contributed by atoms with Gasteiger partial charge in [0.1, 0.15) is 5.82 Å². The van der Waals surface area contributed by atoms with Crippen molar-refractivity contribution in [3.8, 4) is 0 Å². The van der Waals surface area contributed by atoms with Crippen molar-refractivity contribution in [2.75, 3.05) is 65.6 Å². The van der Waals surface area contributed by atoms with Crippen LogP contribution in [0.3, 0.4) is 0 Å². The van der Waals surface area contributed by atoms with Gasteiger partial charge in [-0.15, -0.1) is 0 Å². The number of aromatic nitrogens is 4. The maximum Gasteiger partial charge on any atom is 0.409 e. The molecule has 0 aliphatic carbocycles. The highest BCUT2D eigenvalue weighted by molar-refractivity contribution is 5.71. The molecule has 1 N–H and O–H groups in total. The van der Waals surface area contributed by atoms with E-state index in [1.165, 1.54) is 4.57 Å².